The van der Waals surface area contributed by atoms with Gasteiger partial charge < -0.3 is 4.74 Å². The Morgan fingerprint density at radius 3 is 2.67 bits per heavy atom. The molecule has 3 rings (SSSR count). The molecule has 68 valence electrons. The number of sulfone groups is 1. The fourth-order valence-electron chi connectivity index (χ4n) is 3.05. The lowest BCUT2D eigenvalue weighted by molar-refractivity contribution is 0.0215. The summed E-state index contributed by atoms with van der Waals surface area (Å²) in [5, 5.41) is 0. The molecular formula is C8H12O3S. The number of fused-ring (bicyclic) bond motifs is 5. The third-order valence-corrected chi connectivity index (χ3v) is 5.37. The topological polar surface area (TPSA) is 43.4 Å². The maximum atomic E-state index is 11.3. The predicted molar refractivity (Wildman–Crippen MR) is 43.5 cm³/mol. The monoisotopic (exact) mass is 188 g/mol. The first-order valence-corrected chi connectivity index (χ1v) is 6.30. The molecule has 0 spiro atoms. The first kappa shape index (κ1) is 7.33. The molecule has 3 nitrogen and oxygen atoms in total. The van der Waals surface area contributed by atoms with E-state index in [0.29, 0.717) is 29.3 Å². The Morgan fingerprint density at radius 2 is 1.92 bits per heavy atom. The van der Waals surface area contributed by atoms with Crippen molar-refractivity contribution in [2.24, 2.45) is 17.8 Å². The van der Waals surface area contributed by atoms with Gasteiger partial charge in [0.1, 0.15) is 0 Å². The summed E-state index contributed by atoms with van der Waals surface area (Å²) in [7, 11) is -2.71. The average molecular weight is 188 g/mol. The fraction of sp³-hybridized carbons (Fsp3) is 1.00. The number of hydrogen-bond acceptors (Lipinski definition) is 3. The third kappa shape index (κ3) is 0.823. The molecule has 0 aromatic rings. The van der Waals surface area contributed by atoms with Gasteiger partial charge in [0, 0.05) is 5.92 Å². The fourth-order valence-corrected chi connectivity index (χ4v) is 5.34. The van der Waals surface area contributed by atoms with Crippen molar-refractivity contribution in [3.8, 4) is 0 Å². The zero-order chi connectivity index (χ0) is 8.34. The van der Waals surface area contributed by atoms with Crippen LogP contribution in [0.1, 0.15) is 6.42 Å². The van der Waals surface area contributed by atoms with Gasteiger partial charge in [0.15, 0.2) is 9.84 Å². The maximum Gasteiger partial charge on any atom is 0.150 e. The molecule has 2 bridgehead atoms. The molecule has 12 heavy (non-hydrogen) atoms. The molecule has 0 aromatic carbocycles. The molecule has 1 saturated carbocycles. The standard InChI is InChI=1S/C8H12O3S/c9-12(10)3-6-5-1-8(11-2-5)7(6)4-12/h5-8H,1-4H2/t5-,6+,7-,8+/m1/s1. The zero-order valence-corrected chi connectivity index (χ0v) is 7.59. The van der Waals surface area contributed by atoms with Crippen molar-refractivity contribution in [2.75, 3.05) is 18.1 Å². The van der Waals surface area contributed by atoms with Crippen LogP contribution >= 0.6 is 0 Å². The van der Waals surface area contributed by atoms with Crippen LogP contribution in [0.4, 0.5) is 0 Å². The summed E-state index contributed by atoms with van der Waals surface area (Å²) < 4.78 is 28.1. The van der Waals surface area contributed by atoms with E-state index in [-0.39, 0.29) is 6.10 Å². The molecule has 4 heteroatoms. The third-order valence-electron chi connectivity index (χ3n) is 3.59. The van der Waals surface area contributed by atoms with Gasteiger partial charge in [-0.05, 0) is 18.3 Å². The molecule has 1 aliphatic carbocycles. The number of hydrogen-bond donors (Lipinski definition) is 0. The van der Waals surface area contributed by atoms with E-state index in [1.54, 1.807) is 0 Å². The Labute approximate surface area is 72.0 Å². The lowest BCUT2D eigenvalue weighted by atomic mass is 9.91. The van der Waals surface area contributed by atoms with Crippen molar-refractivity contribution in [1.82, 2.24) is 0 Å². The highest BCUT2D eigenvalue weighted by Gasteiger charge is 2.55. The largest absolute Gasteiger partial charge is 0.378 e. The molecular weight excluding hydrogens is 176 g/mol. The van der Waals surface area contributed by atoms with Crippen LogP contribution in [0.15, 0.2) is 0 Å². The highest BCUT2D eigenvalue weighted by Crippen LogP contribution is 2.49. The van der Waals surface area contributed by atoms with E-state index in [9.17, 15) is 8.42 Å². The predicted octanol–water partition coefficient (Wildman–Crippen LogP) is 0.0659. The van der Waals surface area contributed by atoms with Crippen molar-refractivity contribution >= 4 is 9.84 Å². The van der Waals surface area contributed by atoms with Crippen molar-refractivity contribution in [1.29, 1.82) is 0 Å². The minimum absolute atomic E-state index is 0.275. The SMILES string of the molecule is O=S1(=O)C[C@@H]2[C@@H](C1)[C@H]1CO[C@H]2C1. The van der Waals surface area contributed by atoms with E-state index in [1.807, 2.05) is 0 Å². The summed E-state index contributed by atoms with van der Waals surface area (Å²) in [6.45, 7) is 0.807. The van der Waals surface area contributed by atoms with Gasteiger partial charge in [0.2, 0.25) is 0 Å². The lowest BCUT2D eigenvalue weighted by Gasteiger charge is -2.22. The first-order chi connectivity index (χ1) is 5.66. The Kier molecular flexibility index (Phi) is 1.25. The van der Waals surface area contributed by atoms with E-state index < -0.39 is 9.84 Å². The molecule has 2 saturated heterocycles. The Morgan fingerprint density at radius 1 is 1.17 bits per heavy atom. The van der Waals surface area contributed by atoms with Gasteiger partial charge in [-0.2, -0.15) is 0 Å². The van der Waals surface area contributed by atoms with Crippen LogP contribution in [-0.4, -0.2) is 32.6 Å². The summed E-state index contributed by atoms with van der Waals surface area (Å²) in [5.74, 6) is 2.15. The second kappa shape index (κ2) is 2.04. The summed E-state index contributed by atoms with van der Waals surface area (Å²) >= 11 is 0. The van der Waals surface area contributed by atoms with Crippen molar-refractivity contribution < 1.29 is 13.2 Å². The van der Waals surface area contributed by atoms with E-state index in [1.165, 1.54) is 0 Å². The number of rotatable bonds is 0. The van der Waals surface area contributed by atoms with Crippen molar-refractivity contribution in [2.45, 2.75) is 12.5 Å². The smallest absolute Gasteiger partial charge is 0.150 e. The van der Waals surface area contributed by atoms with Crippen LogP contribution in [-0.2, 0) is 14.6 Å². The molecule has 2 heterocycles. The normalized spacial score (nSPS) is 54.3. The van der Waals surface area contributed by atoms with Gasteiger partial charge in [0.05, 0.1) is 24.2 Å². The first-order valence-electron chi connectivity index (χ1n) is 4.48. The molecule has 0 amide bonds. The van der Waals surface area contributed by atoms with Crippen LogP contribution in [0, 0.1) is 17.8 Å². The van der Waals surface area contributed by atoms with Gasteiger partial charge in [-0.25, -0.2) is 8.42 Å². The summed E-state index contributed by atoms with van der Waals surface area (Å²) in [6, 6.07) is 0. The van der Waals surface area contributed by atoms with Crippen LogP contribution in [0.3, 0.4) is 0 Å². The van der Waals surface area contributed by atoms with Gasteiger partial charge >= 0.3 is 0 Å². The molecule has 0 radical (unpaired) electrons. The maximum absolute atomic E-state index is 11.3. The zero-order valence-electron chi connectivity index (χ0n) is 6.77. The van der Waals surface area contributed by atoms with Crippen LogP contribution < -0.4 is 0 Å². The van der Waals surface area contributed by atoms with E-state index in [2.05, 4.69) is 0 Å². The van der Waals surface area contributed by atoms with Gasteiger partial charge in [-0.3, -0.25) is 0 Å². The summed E-state index contributed by atoms with van der Waals surface area (Å²) in [5.41, 5.74) is 0. The van der Waals surface area contributed by atoms with Gasteiger partial charge in [0.25, 0.3) is 0 Å². The van der Waals surface area contributed by atoms with E-state index in [0.717, 1.165) is 13.0 Å². The molecule has 2 aliphatic heterocycles. The van der Waals surface area contributed by atoms with Crippen molar-refractivity contribution in [3.63, 3.8) is 0 Å². The number of ether oxygens (including phenoxy) is 1. The molecule has 0 N–H and O–H groups in total. The molecule has 4 atom stereocenters. The Hall–Kier alpha value is -0.0900. The van der Waals surface area contributed by atoms with Crippen LogP contribution in [0.5, 0.6) is 0 Å². The van der Waals surface area contributed by atoms with E-state index >= 15 is 0 Å². The van der Waals surface area contributed by atoms with Gasteiger partial charge in [-0.1, -0.05) is 0 Å². The van der Waals surface area contributed by atoms with Crippen LogP contribution in [0.2, 0.25) is 0 Å². The molecule has 3 aliphatic rings. The van der Waals surface area contributed by atoms with Crippen LogP contribution in [0.25, 0.3) is 0 Å². The lowest BCUT2D eigenvalue weighted by Crippen LogP contribution is -2.27. The highest BCUT2D eigenvalue weighted by atomic mass is 32.2. The summed E-state index contributed by atoms with van der Waals surface area (Å²) in [4.78, 5) is 0. The second-order valence-electron chi connectivity index (χ2n) is 4.27. The Balaban J connectivity index is 1.97. The summed E-state index contributed by atoms with van der Waals surface area (Å²) in [6.07, 6.45) is 1.39. The molecule has 0 aromatic heterocycles. The Bertz CT molecular complexity index is 284. The second-order valence-corrected chi connectivity index (χ2v) is 6.43. The molecule has 3 fully saturated rings. The van der Waals surface area contributed by atoms with Gasteiger partial charge in [-0.15, -0.1) is 0 Å². The highest BCUT2D eigenvalue weighted by molar-refractivity contribution is 7.91. The minimum atomic E-state index is -2.71. The minimum Gasteiger partial charge on any atom is -0.378 e. The van der Waals surface area contributed by atoms with E-state index in [4.69, 9.17) is 4.74 Å². The van der Waals surface area contributed by atoms with Crippen molar-refractivity contribution in [3.05, 3.63) is 0 Å². The molecule has 0 unspecified atom stereocenters. The quantitative estimate of drug-likeness (QED) is 0.540. The average Bonchev–Trinajstić information content (AvgIpc) is 2.54.